The highest BCUT2D eigenvalue weighted by atomic mass is 16.2. The molecule has 1 amide bonds. The number of pyridine rings is 2. The van der Waals surface area contributed by atoms with Gasteiger partial charge in [-0.3, -0.25) is 14.6 Å². The molecule has 5 nitrogen and oxygen atoms in total. The number of hydrogen-bond donors (Lipinski definition) is 1. The first-order valence-corrected chi connectivity index (χ1v) is 5.92. The van der Waals surface area contributed by atoms with Gasteiger partial charge >= 0.3 is 0 Å². The minimum absolute atomic E-state index is 0.143. The van der Waals surface area contributed by atoms with Crippen molar-refractivity contribution in [3.05, 3.63) is 63.8 Å². The predicted octanol–water partition coefficient (Wildman–Crippen LogP) is 1.35. The molecule has 0 saturated carbocycles. The Balaban J connectivity index is 2.17. The molecule has 19 heavy (non-hydrogen) atoms. The van der Waals surface area contributed by atoms with E-state index in [1.54, 1.807) is 20.2 Å². The van der Waals surface area contributed by atoms with Gasteiger partial charge in [-0.2, -0.15) is 0 Å². The zero-order valence-electron chi connectivity index (χ0n) is 10.9. The molecule has 0 spiro atoms. The highest BCUT2D eigenvalue weighted by Gasteiger charge is 2.15. The number of amides is 1. The van der Waals surface area contributed by atoms with E-state index in [-0.39, 0.29) is 16.9 Å². The summed E-state index contributed by atoms with van der Waals surface area (Å²) in [6.07, 6.45) is 3.13. The van der Waals surface area contributed by atoms with Crippen molar-refractivity contribution in [3.63, 3.8) is 0 Å². The second kappa shape index (κ2) is 5.48. The van der Waals surface area contributed by atoms with Crippen LogP contribution in [0.15, 0.2) is 41.5 Å². The van der Waals surface area contributed by atoms with Crippen LogP contribution in [-0.2, 0) is 6.54 Å². The van der Waals surface area contributed by atoms with E-state index in [9.17, 15) is 9.59 Å². The Morgan fingerprint density at radius 3 is 2.84 bits per heavy atom. The summed E-state index contributed by atoms with van der Waals surface area (Å²) in [6.45, 7) is 2.14. The second-order valence-corrected chi connectivity index (χ2v) is 4.38. The molecule has 0 saturated heterocycles. The molecule has 2 aromatic heterocycles. The fourth-order valence-corrected chi connectivity index (χ4v) is 1.75. The van der Waals surface area contributed by atoms with E-state index in [0.29, 0.717) is 6.54 Å². The van der Waals surface area contributed by atoms with E-state index >= 15 is 0 Å². The van der Waals surface area contributed by atoms with Crippen LogP contribution in [0.5, 0.6) is 0 Å². The summed E-state index contributed by atoms with van der Waals surface area (Å²) in [6, 6.07) is 6.93. The van der Waals surface area contributed by atoms with Gasteiger partial charge in [0.1, 0.15) is 5.56 Å². The third kappa shape index (κ3) is 3.07. The van der Waals surface area contributed by atoms with E-state index in [1.165, 1.54) is 17.2 Å². The van der Waals surface area contributed by atoms with Crippen LogP contribution in [0.25, 0.3) is 0 Å². The molecule has 2 aromatic rings. The predicted molar refractivity (Wildman–Crippen MR) is 71.8 cm³/mol. The van der Waals surface area contributed by atoms with E-state index < -0.39 is 0 Å². The molecule has 0 aliphatic rings. The highest BCUT2D eigenvalue weighted by molar-refractivity contribution is 5.93. The fraction of sp³-hybridized carbons (Fsp3) is 0.214. The molecule has 98 valence electrons. The van der Waals surface area contributed by atoms with Crippen LogP contribution < -0.4 is 5.43 Å². The summed E-state index contributed by atoms with van der Waals surface area (Å²) in [5.74, 6) is -0.313. The molecule has 0 bridgehead atoms. The molecule has 0 aromatic carbocycles. The van der Waals surface area contributed by atoms with Crippen molar-refractivity contribution in [1.82, 2.24) is 14.9 Å². The lowest BCUT2D eigenvalue weighted by molar-refractivity contribution is 0.0781. The number of nitrogens with zero attached hydrogens (tertiary/aromatic N) is 2. The third-order valence-corrected chi connectivity index (χ3v) is 2.76. The van der Waals surface area contributed by atoms with Gasteiger partial charge in [0, 0.05) is 31.2 Å². The van der Waals surface area contributed by atoms with Gasteiger partial charge in [0.25, 0.3) is 5.91 Å². The zero-order valence-corrected chi connectivity index (χ0v) is 10.9. The quantitative estimate of drug-likeness (QED) is 0.902. The Bertz CT molecular complexity index is 635. The van der Waals surface area contributed by atoms with Gasteiger partial charge in [0.15, 0.2) is 5.43 Å². The smallest absolute Gasteiger partial charge is 0.259 e. The molecule has 0 aliphatic carbocycles. The Labute approximate surface area is 110 Å². The van der Waals surface area contributed by atoms with Crippen LogP contribution in [0.4, 0.5) is 0 Å². The first-order valence-electron chi connectivity index (χ1n) is 5.92. The molecule has 1 N–H and O–H groups in total. The van der Waals surface area contributed by atoms with E-state index in [2.05, 4.69) is 9.97 Å². The van der Waals surface area contributed by atoms with Gasteiger partial charge in [-0.15, -0.1) is 0 Å². The van der Waals surface area contributed by atoms with Crippen molar-refractivity contribution >= 4 is 5.91 Å². The molecule has 0 atom stereocenters. The highest BCUT2D eigenvalue weighted by Crippen LogP contribution is 2.03. The van der Waals surface area contributed by atoms with Gasteiger partial charge in [0.05, 0.1) is 12.2 Å². The van der Waals surface area contributed by atoms with Gasteiger partial charge in [0.2, 0.25) is 0 Å². The number of carbonyl (C=O) groups excluding carboxylic acids is 1. The number of carbonyl (C=O) groups is 1. The standard InChI is InChI=1S/C14H15N3O2/c1-10-7-13(18)12(8-16-10)14(19)17(2)9-11-5-3-4-6-15-11/h3-8H,9H2,1-2H3,(H,16,18). The van der Waals surface area contributed by atoms with Crippen molar-refractivity contribution in [2.75, 3.05) is 7.05 Å². The maximum absolute atomic E-state index is 12.2. The Morgan fingerprint density at radius 1 is 1.42 bits per heavy atom. The topological polar surface area (TPSA) is 66.1 Å². The third-order valence-electron chi connectivity index (χ3n) is 2.76. The largest absolute Gasteiger partial charge is 0.364 e. The molecule has 0 radical (unpaired) electrons. The average Bonchev–Trinajstić information content (AvgIpc) is 2.39. The minimum Gasteiger partial charge on any atom is -0.364 e. The summed E-state index contributed by atoms with van der Waals surface area (Å²) in [7, 11) is 1.65. The maximum atomic E-state index is 12.2. The molecular weight excluding hydrogens is 242 g/mol. The SMILES string of the molecule is Cc1cc(=O)c(C(=O)N(C)Cc2ccccn2)c[nH]1. The second-order valence-electron chi connectivity index (χ2n) is 4.38. The van der Waals surface area contributed by atoms with Crippen molar-refractivity contribution in [2.45, 2.75) is 13.5 Å². The van der Waals surface area contributed by atoms with Crippen molar-refractivity contribution in [1.29, 1.82) is 0 Å². The molecule has 2 rings (SSSR count). The number of aryl methyl sites for hydroxylation is 1. The van der Waals surface area contributed by atoms with Crippen LogP contribution in [-0.4, -0.2) is 27.8 Å². The lowest BCUT2D eigenvalue weighted by atomic mass is 10.2. The summed E-state index contributed by atoms with van der Waals surface area (Å²) in [5.41, 5.74) is 1.38. The summed E-state index contributed by atoms with van der Waals surface area (Å²) in [5, 5.41) is 0. The number of H-pyrrole nitrogens is 1. The van der Waals surface area contributed by atoms with Crippen molar-refractivity contribution < 1.29 is 4.79 Å². The molecule has 0 unspecified atom stereocenters. The average molecular weight is 257 g/mol. The molecule has 2 heterocycles. The molecule has 0 fully saturated rings. The molecular formula is C14H15N3O2. The first kappa shape index (κ1) is 13.0. The van der Waals surface area contributed by atoms with Crippen molar-refractivity contribution in [3.8, 4) is 0 Å². The zero-order chi connectivity index (χ0) is 13.8. The minimum atomic E-state index is -0.313. The maximum Gasteiger partial charge on any atom is 0.259 e. The Hall–Kier alpha value is -2.43. The van der Waals surface area contributed by atoms with E-state index in [1.807, 2.05) is 18.2 Å². The van der Waals surface area contributed by atoms with Crippen LogP contribution in [0.2, 0.25) is 0 Å². The van der Waals surface area contributed by atoms with Crippen LogP contribution >= 0.6 is 0 Å². The van der Waals surface area contributed by atoms with Gasteiger partial charge < -0.3 is 9.88 Å². The van der Waals surface area contributed by atoms with Gasteiger partial charge in [-0.25, -0.2) is 0 Å². The van der Waals surface area contributed by atoms with Crippen LogP contribution in [0, 0.1) is 6.92 Å². The monoisotopic (exact) mass is 257 g/mol. The van der Waals surface area contributed by atoms with Crippen molar-refractivity contribution in [2.24, 2.45) is 0 Å². The van der Waals surface area contributed by atoms with Crippen LogP contribution in [0.1, 0.15) is 21.7 Å². The normalized spacial score (nSPS) is 10.2. The van der Waals surface area contributed by atoms with Gasteiger partial charge in [-0.1, -0.05) is 6.07 Å². The number of aromatic amines is 1. The number of rotatable bonds is 3. The van der Waals surface area contributed by atoms with Gasteiger partial charge in [-0.05, 0) is 19.1 Å². The number of hydrogen-bond acceptors (Lipinski definition) is 3. The fourth-order valence-electron chi connectivity index (χ4n) is 1.75. The van der Waals surface area contributed by atoms with E-state index in [0.717, 1.165) is 11.4 Å². The lowest BCUT2D eigenvalue weighted by Gasteiger charge is -2.16. The van der Waals surface area contributed by atoms with Crippen LogP contribution in [0.3, 0.4) is 0 Å². The Morgan fingerprint density at radius 2 is 2.21 bits per heavy atom. The molecule has 0 aliphatic heterocycles. The van der Waals surface area contributed by atoms with E-state index in [4.69, 9.17) is 0 Å². The summed E-state index contributed by atoms with van der Waals surface area (Å²) in [4.78, 5) is 32.4. The number of aromatic nitrogens is 2. The molecule has 5 heteroatoms. The summed E-state index contributed by atoms with van der Waals surface area (Å²) < 4.78 is 0. The first-order chi connectivity index (χ1) is 9.08. The lowest BCUT2D eigenvalue weighted by Crippen LogP contribution is -2.30. The summed E-state index contributed by atoms with van der Waals surface area (Å²) >= 11 is 0. The number of nitrogens with one attached hydrogen (secondary N) is 1. The Kier molecular flexibility index (Phi) is 3.75.